The highest BCUT2D eigenvalue weighted by atomic mass is 19.1. The number of nitrogens with one attached hydrogen (secondary N) is 1. The van der Waals surface area contributed by atoms with Gasteiger partial charge in [-0.25, -0.2) is 4.39 Å². The quantitative estimate of drug-likeness (QED) is 0.541. The van der Waals surface area contributed by atoms with E-state index in [1.54, 1.807) is 6.07 Å². The Morgan fingerprint density at radius 1 is 1.03 bits per heavy atom. The van der Waals surface area contributed by atoms with E-state index in [2.05, 4.69) is 57.1 Å². The van der Waals surface area contributed by atoms with Crippen molar-refractivity contribution < 1.29 is 9.18 Å². The minimum absolute atomic E-state index is 0.0107. The van der Waals surface area contributed by atoms with Gasteiger partial charge in [-0.3, -0.25) is 4.79 Å². The number of carbonyl (C=O) groups is 1. The van der Waals surface area contributed by atoms with Gasteiger partial charge in [0.2, 0.25) is 5.91 Å². The SMILES string of the molecule is C#C.CC.CC[C@@H](C(=O)N(C)C1CCNCC1)c1cc(C)cc(C)c1.Cc1cccc(F)c1. The molecule has 0 spiro atoms. The van der Waals surface area contributed by atoms with E-state index in [1.807, 2.05) is 38.8 Å². The van der Waals surface area contributed by atoms with Crippen LogP contribution in [0.25, 0.3) is 0 Å². The van der Waals surface area contributed by atoms with E-state index in [4.69, 9.17) is 0 Å². The van der Waals surface area contributed by atoms with Gasteiger partial charge < -0.3 is 10.2 Å². The molecule has 2 aromatic carbocycles. The van der Waals surface area contributed by atoms with E-state index in [1.165, 1.54) is 28.8 Å². The zero-order valence-electron chi connectivity index (χ0n) is 21.6. The lowest BCUT2D eigenvalue weighted by atomic mass is 9.91. The fraction of sp³-hybridized carbons (Fsp3) is 0.483. The number of carbonyl (C=O) groups excluding carboxylic acids is 1. The van der Waals surface area contributed by atoms with Gasteiger partial charge in [0.25, 0.3) is 0 Å². The summed E-state index contributed by atoms with van der Waals surface area (Å²) in [6, 6.07) is 13.4. The van der Waals surface area contributed by atoms with Crippen molar-refractivity contribution in [1.82, 2.24) is 10.2 Å². The molecule has 33 heavy (non-hydrogen) atoms. The van der Waals surface area contributed by atoms with Crippen molar-refractivity contribution >= 4 is 5.91 Å². The maximum atomic E-state index is 12.9. The van der Waals surface area contributed by atoms with Gasteiger partial charge in [0.15, 0.2) is 0 Å². The summed E-state index contributed by atoms with van der Waals surface area (Å²) in [6.07, 6.45) is 11.0. The molecule has 0 bridgehead atoms. The van der Waals surface area contributed by atoms with Gasteiger partial charge in [0.1, 0.15) is 5.82 Å². The fourth-order valence-corrected chi connectivity index (χ4v) is 3.99. The molecule has 1 heterocycles. The number of benzene rings is 2. The summed E-state index contributed by atoms with van der Waals surface area (Å²) < 4.78 is 12.2. The van der Waals surface area contributed by atoms with Crippen LogP contribution in [0.3, 0.4) is 0 Å². The molecule has 182 valence electrons. The van der Waals surface area contributed by atoms with E-state index < -0.39 is 0 Å². The van der Waals surface area contributed by atoms with Crippen LogP contribution in [-0.4, -0.2) is 37.0 Å². The van der Waals surface area contributed by atoms with Crippen molar-refractivity contribution in [3.05, 3.63) is 70.5 Å². The van der Waals surface area contributed by atoms with Crippen LogP contribution in [0.1, 0.15) is 68.2 Å². The van der Waals surface area contributed by atoms with E-state index in [-0.39, 0.29) is 17.6 Å². The van der Waals surface area contributed by atoms with E-state index >= 15 is 0 Å². The van der Waals surface area contributed by atoms with Gasteiger partial charge in [-0.15, -0.1) is 12.8 Å². The molecular formula is C29H43FN2O. The summed E-state index contributed by atoms with van der Waals surface area (Å²) in [7, 11) is 1.98. The molecule has 0 unspecified atom stereocenters. The van der Waals surface area contributed by atoms with Crippen LogP contribution in [0.15, 0.2) is 42.5 Å². The van der Waals surface area contributed by atoms with E-state index in [9.17, 15) is 9.18 Å². The zero-order valence-corrected chi connectivity index (χ0v) is 21.6. The Labute approximate surface area is 201 Å². The standard InChI is InChI=1S/C18H28N2O.C7H7F.C2H6.C2H2/c1-5-17(15-11-13(2)10-14(3)12-15)18(21)20(4)16-6-8-19-9-7-16;1-6-3-2-4-7(8)5-6;2*1-2/h10-12,16-17,19H,5-9H2,1-4H3;2-5H,1H3;1-2H3;1-2H/t17-;;;/m1.../s1. The van der Waals surface area contributed by atoms with Gasteiger partial charge in [0, 0.05) is 13.1 Å². The van der Waals surface area contributed by atoms with Crippen LogP contribution in [-0.2, 0) is 4.79 Å². The predicted molar refractivity (Wildman–Crippen MR) is 140 cm³/mol. The maximum Gasteiger partial charge on any atom is 0.230 e. The molecular weight excluding hydrogens is 411 g/mol. The van der Waals surface area contributed by atoms with Gasteiger partial charge in [0.05, 0.1) is 5.92 Å². The lowest BCUT2D eigenvalue weighted by molar-refractivity contribution is -0.134. The molecule has 1 atom stereocenters. The molecule has 4 heteroatoms. The molecule has 0 saturated carbocycles. The van der Waals surface area contributed by atoms with Gasteiger partial charge in [-0.05, 0) is 76.4 Å². The molecule has 1 saturated heterocycles. The largest absolute Gasteiger partial charge is 0.342 e. The minimum atomic E-state index is -0.162. The average Bonchev–Trinajstić information content (AvgIpc) is 2.82. The van der Waals surface area contributed by atoms with Crippen molar-refractivity contribution in [3.8, 4) is 12.8 Å². The first kappa shape index (κ1) is 30.4. The second kappa shape index (κ2) is 16.9. The first-order valence-electron chi connectivity index (χ1n) is 11.9. The van der Waals surface area contributed by atoms with Gasteiger partial charge in [-0.2, -0.15) is 0 Å². The molecule has 1 N–H and O–H groups in total. The number of hydrogen-bond acceptors (Lipinski definition) is 2. The third-order valence-corrected chi connectivity index (χ3v) is 5.54. The first-order chi connectivity index (χ1) is 15.8. The Morgan fingerprint density at radius 3 is 2.00 bits per heavy atom. The van der Waals surface area contributed by atoms with E-state index in [0.717, 1.165) is 37.9 Å². The van der Waals surface area contributed by atoms with Crippen molar-refractivity contribution in [2.75, 3.05) is 20.1 Å². The predicted octanol–water partition coefficient (Wildman–Crippen LogP) is 6.42. The normalized spacial score (nSPS) is 13.6. The average molecular weight is 455 g/mol. The number of piperidine rings is 1. The van der Waals surface area contributed by atoms with Gasteiger partial charge in [-0.1, -0.05) is 62.2 Å². The molecule has 2 aromatic rings. The van der Waals surface area contributed by atoms with Crippen LogP contribution in [0.4, 0.5) is 4.39 Å². The molecule has 0 aromatic heterocycles. The minimum Gasteiger partial charge on any atom is -0.342 e. The number of likely N-dealkylation sites (N-methyl/N-ethyl adjacent to an activating group) is 1. The number of hydrogen-bond donors (Lipinski definition) is 1. The highest BCUT2D eigenvalue weighted by Crippen LogP contribution is 2.26. The summed E-state index contributed by atoms with van der Waals surface area (Å²) in [5, 5.41) is 3.36. The Kier molecular flexibility index (Phi) is 15.6. The van der Waals surface area contributed by atoms with Crippen LogP contribution in [0.2, 0.25) is 0 Å². The third kappa shape index (κ3) is 10.7. The molecule has 1 amide bonds. The summed E-state index contributed by atoms with van der Waals surface area (Å²) in [5.74, 6) is 0.0999. The smallest absolute Gasteiger partial charge is 0.230 e. The molecule has 1 aliphatic rings. The third-order valence-electron chi connectivity index (χ3n) is 5.54. The Bertz CT molecular complexity index is 803. The topological polar surface area (TPSA) is 32.3 Å². The Hall–Kier alpha value is -2.64. The number of aryl methyl sites for hydroxylation is 3. The fourth-order valence-electron chi connectivity index (χ4n) is 3.99. The first-order valence-corrected chi connectivity index (χ1v) is 11.9. The van der Waals surface area contributed by atoms with E-state index in [0.29, 0.717) is 6.04 Å². The van der Waals surface area contributed by atoms with Crippen molar-refractivity contribution in [3.63, 3.8) is 0 Å². The summed E-state index contributed by atoms with van der Waals surface area (Å²) in [4.78, 5) is 14.9. The van der Waals surface area contributed by atoms with Crippen LogP contribution >= 0.6 is 0 Å². The number of amides is 1. The zero-order chi connectivity index (χ0) is 25.4. The monoisotopic (exact) mass is 454 g/mol. The highest BCUT2D eigenvalue weighted by molar-refractivity contribution is 5.84. The lowest BCUT2D eigenvalue weighted by Crippen LogP contribution is -2.45. The molecule has 0 aliphatic carbocycles. The van der Waals surface area contributed by atoms with Gasteiger partial charge >= 0.3 is 0 Å². The van der Waals surface area contributed by atoms with Crippen LogP contribution in [0, 0.1) is 39.4 Å². The molecule has 0 radical (unpaired) electrons. The summed E-state index contributed by atoms with van der Waals surface area (Å²) >= 11 is 0. The number of rotatable bonds is 4. The van der Waals surface area contributed by atoms with Crippen molar-refractivity contribution in [2.45, 2.75) is 72.8 Å². The Balaban J connectivity index is 0.000000710. The number of halogens is 1. The highest BCUT2D eigenvalue weighted by Gasteiger charge is 2.28. The molecule has 3 rings (SSSR count). The molecule has 1 fully saturated rings. The molecule has 3 nitrogen and oxygen atoms in total. The second-order valence-electron chi connectivity index (χ2n) is 8.11. The van der Waals surface area contributed by atoms with Crippen molar-refractivity contribution in [2.24, 2.45) is 0 Å². The summed E-state index contributed by atoms with van der Waals surface area (Å²) in [5.41, 5.74) is 4.60. The number of nitrogens with zero attached hydrogens (tertiary/aromatic N) is 1. The van der Waals surface area contributed by atoms with Crippen molar-refractivity contribution in [1.29, 1.82) is 0 Å². The molecule has 1 aliphatic heterocycles. The summed E-state index contributed by atoms with van der Waals surface area (Å²) in [6.45, 7) is 14.2. The van der Waals surface area contributed by atoms with Crippen LogP contribution < -0.4 is 5.32 Å². The number of terminal acetylenes is 1. The maximum absolute atomic E-state index is 12.9. The lowest BCUT2D eigenvalue weighted by Gasteiger charge is -2.34. The second-order valence-corrected chi connectivity index (χ2v) is 8.11. The van der Waals surface area contributed by atoms with Crippen LogP contribution in [0.5, 0.6) is 0 Å². The Morgan fingerprint density at radius 2 is 1.58 bits per heavy atom.